The van der Waals surface area contributed by atoms with Gasteiger partial charge < -0.3 is 16.6 Å². The molecule has 0 unspecified atom stereocenters. The monoisotopic (exact) mass is 538 g/mol. The van der Waals surface area contributed by atoms with Gasteiger partial charge in [-0.05, 0) is 17.7 Å². The fourth-order valence-corrected chi connectivity index (χ4v) is 7.32. The van der Waals surface area contributed by atoms with Crippen LogP contribution in [0.1, 0.15) is 10.6 Å². The zero-order valence-electron chi connectivity index (χ0n) is 18.1. The molecule has 186 valence electrons. The zero-order valence-corrected chi connectivity index (χ0v) is 20.6. The second kappa shape index (κ2) is 9.75. The first-order chi connectivity index (χ1) is 16.6. The second-order valence-corrected chi connectivity index (χ2v) is 11.7. The average Bonchev–Trinajstić information content (AvgIpc) is 3.50. The highest BCUT2D eigenvalue weighted by molar-refractivity contribution is 7.92. The number of aliphatic hydroxyl groups excluding tert-OH is 1. The molecule has 1 atom stereocenters. The molecule has 35 heavy (non-hydrogen) atoms. The van der Waals surface area contributed by atoms with E-state index in [9.17, 15) is 21.9 Å². The molecule has 13 nitrogen and oxygen atoms in total. The number of hydrogen-bond acceptors (Lipinski definition) is 12. The van der Waals surface area contributed by atoms with Gasteiger partial charge in [-0.2, -0.15) is 5.11 Å². The Bertz CT molecular complexity index is 1560. The minimum atomic E-state index is -4.65. The number of sulfonamides is 2. The van der Waals surface area contributed by atoms with Gasteiger partial charge in [-0.1, -0.05) is 18.2 Å². The van der Waals surface area contributed by atoms with Crippen molar-refractivity contribution in [3.63, 3.8) is 0 Å². The maximum atomic E-state index is 13.2. The number of azo groups is 1. The van der Waals surface area contributed by atoms with Crippen LogP contribution >= 0.6 is 11.3 Å². The number of rotatable bonds is 9. The minimum Gasteiger partial charge on any atom is -0.395 e. The second-order valence-electron chi connectivity index (χ2n) is 7.43. The molecule has 1 aliphatic rings. The summed E-state index contributed by atoms with van der Waals surface area (Å²) >= 11 is 1.38. The molecule has 0 spiro atoms. The molecule has 1 aromatic heterocycles. The first-order valence-corrected chi connectivity index (χ1v) is 14.0. The summed E-state index contributed by atoms with van der Waals surface area (Å²) in [7, 11) is -9.15. The Balaban J connectivity index is 2.08. The lowest BCUT2D eigenvalue weighted by atomic mass is 9.98. The molecule has 3 aromatic rings. The first kappa shape index (κ1) is 25.4. The van der Waals surface area contributed by atoms with Crippen molar-refractivity contribution in [2.75, 3.05) is 19.8 Å². The zero-order chi connectivity index (χ0) is 25.4. The van der Waals surface area contributed by atoms with Crippen LogP contribution in [0.25, 0.3) is 21.3 Å². The number of para-hydroxylation sites is 1. The molecular weight excluding hydrogens is 516 g/mol. The van der Waals surface area contributed by atoms with Gasteiger partial charge in [-0.3, -0.25) is 0 Å². The van der Waals surface area contributed by atoms with Crippen LogP contribution in [0.5, 0.6) is 0 Å². The quantitative estimate of drug-likeness (QED) is 0.245. The van der Waals surface area contributed by atoms with E-state index in [0.717, 1.165) is 10.8 Å². The molecule has 8 N–H and O–H groups in total. The van der Waals surface area contributed by atoms with Gasteiger partial charge in [0.05, 0.1) is 28.4 Å². The van der Waals surface area contributed by atoms with E-state index in [4.69, 9.17) is 16.6 Å². The van der Waals surface area contributed by atoms with E-state index in [1.165, 1.54) is 17.4 Å². The van der Waals surface area contributed by atoms with Crippen molar-refractivity contribution in [3.05, 3.63) is 40.9 Å². The van der Waals surface area contributed by atoms with Gasteiger partial charge in [0.25, 0.3) is 0 Å². The predicted octanol–water partition coefficient (Wildman–Crippen LogP) is -0.163. The third-order valence-corrected chi connectivity index (χ3v) is 8.85. The number of aliphatic hydroxyl groups is 1. The molecule has 0 aliphatic carbocycles. The lowest BCUT2D eigenvalue weighted by Gasteiger charge is -2.19. The largest absolute Gasteiger partial charge is 0.395 e. The van der Waals surface area contributed by atoms with Crippen molar-refractivity contribution in [2.45, 2.75) is 22.4 Å². The molecule has 2 aromatic carbocycles. The highest BCUT2D eigenvalue weighted by atomic mass is 32.2. The van der Waals surface area contributed by atoms with Crippen LogP contribution in [0.15, 0.2) is 55.3 Å². The van der Waals surface area contributed by atoms with Crippen LogP contribution in [0, 0.1) is 0 Å². The van der Waals surface area contributed by atoms with Crippen molar-refractivity contribution in [2.24, 2.45) is 31.8 Å². The van der Waals surface area contributed by atoms with Crippen LogP contribution in [0.4, 0.5) is 0 Å². The number of aromatic nitrogens is 1. The van der Waals surface area contributed by atoms with Gasteiger partial charge in [0, 0.05) is 18.7 Å². The average molecular weight is 539 g/mol. The summed E-state index contributed by atoms with van der Waals surface area (Å²) in [5, 5.41) is 23.3. The van der Waals surface area contributed by atoms with Gasteiger partial charge in [-0.15, -0.1) is 16.5 Å². The standard InChI is InChI=1S/C19H22N8O5S3/c20-6-10(8-28)27-35(31,32)14-5-4-11(12-2-1-3-13-17(12)25-15(7-21)33-13)16(18(14)34(22,29)30)19-23-9-24-26-19/h1-5,10,27-28H,6-9,20-21H2,(H2,22,29,30)/t10-/m1/s1. The summed E-state index contributed by atoms with van der Waals surface area (Å²) < 4.78 is 55.1. The summed E-state index contributed by atoms with van der Waals surface area (Å²) in [6.45, 7) is -0.666. The molecule has 1 aliphatic heterocycles. The number of nitrogens with one attached hydrogen (secondary N) is 1. The minimum absolute atomic E-state index is 0.0634. The van der Waals surface area contributed by atoms with Crippen LogP contribution in [-0.2, 0) is 26.6 Å². The number of hydrogen-bond donors (Lipinski definition) is 5. The SMILES string of the molecule is NCc1nc2c(-c3ccc(S(=O)(=O)N[C@H](CN)CO)c(S(N)(=O)=O)c3C3=NCN=N3)cccc2s1. The van der Waals surface area contributed by atoms with E-state index in [0.29, 0.717) is 21.7 Å². The van der Waals surface area contributed by atoms with Crippen LogP contribution in [0.3, 0.4) is 0 Å². The molecule has 0 fully saturated rings. The number of nitrogens with zero attached hydrogens (tertiary/aromatic N) is 4. The molecule has 0 saturated carbocycles. The third-order valence-electron chi connectivity index (χ3n) is 5.12. The van der Waals surface area contributed by atoms with Gasteiger partial charge >= 0.3 is 0 Å². The summed E-state index contributed by atoms with van der Waals surface area (Å²) in [5.41, 5.74) is 12.5. The maximum Gasteiger partial charge on any atom is 0.242 e. The highest BCUT2D eigenvalue weighted by Gasteiger charge is 2.34. The number of amidine groups is 1. The van der Waals surface area contributed by atoms with Crippen LogP contribution < -0.4 is 21.3 Å². The topological polar surface area (TPSA) is 229 Å². The van der Waals surface area contributed by atoms with E-state index in [1.54, 1.807) is 12.1 Å². The number of benzene rings is 2. The van der Waals surface area contributed by atoms with Crippen molar-refractivity contribution in [3.8, 4) is 11.1 Å². The van der Waals surface area contributed by atoms with Gasteiger partial charge in [0.15, 0.2) is 12.5 Å². The van der Waals surface area contributed by atoms with Crippen molar-refractivity contribution in [1.82, 2.24) is 9.71 Å². The van der Waals surface area contributed by atoms with Crippen molar-refractivity contribution in [1.29, 1.82) is 0 Å². The predicted molar refractivity (Wildman–Crippen MR) is 131 cm³/mol. The summed E-state index contributed by atoms with van der Waals surface area (Å²) in [6, 6.07) is 6.82. The van der Waals surface area contributed by atoms with Gasteiger partial charge in [-0.25, -0.2) is 36.7 Å². The Morgan fingerprint density at radius 1 is 1.11 bits per heavy atom. The number of fused-ring (bicyclic) bond motifs is 1. The summed E-state index contributed by atoms with van der Waals surface area (Å²) in [5.74, 6) is -0.0927. The smallest absolute Gasteiger partial charge is 0.242 e. The molecule has 4 rings (SSSR count). The molecule has 0 saturated heterocycles. The van der Waals surface area contributed by atoms with E-state index in [2.05, 4.69) is 24.9 Å². The van der Waals surface area contributed by atoms with E-state index in [1.807, 2.05) is 6.07 Å². The van der Waals surface area contributed by atoms with Crippen molar-refractivity contribution < 1.29 is 21.9 Å². The third kappa shape index (κ3) is 4.87. The molecule has 0 radical (unpaired) electrons. The molecular formula is C19H22N8O5S3. The number of nitrogens with two attached hydrogens (primary N) is 3. The van der Waals surface area contributed by atoms with E-state index in [-0.39, 0.29) is 31.2 Å². The Labute approximate surface area is 204 Å². The van der Waals surface area contributed by atoms with Crippen LogP contribution in [0.2, 0.25) is 0 Å². The van der Waals surface area contributed by atoms with Crippen molar-refractivity contribution >= 4 is 47.4 Å². The number of thiazole rings is 1. The van der Waals surface area contributed by atoms with Gasteiger partial charge in [0.1, 0.15) is 14.8 Å². The fraction of sp³-hybridized carbons (Fsp3) is 0.263. The summed E-state index contributed by atoms with van der Waals surface area (Å²) in [4.78, 5) is 7.34. The maximum absolute atomic E-state index is 13.2. The Morgan fingerprint density at radius 2 is 1.89 bits per heavy atom. The molecule has 16 heteroatoms. The summed E-state index contributed by atoms with van der Waals surface area (Å²) in [6.07, 6.45) is 0. The number of aliphatic imine (C=N–C) groups is 1. The van der Waals surface area contributed by atoms with E-state index < -0.39 is 42.5 Å². The molecule has 2 heterocycles. The Morgan fingerprint density at radius 3 is 2.49 bits per heavy atom. The Hall–Kier alpha value is -2.70. The normalized spacial score (nSPS) is 15.0. The lowest BCUT2D eigenvalue weighted by Crippen LogP contribution is -2.43. The molecule has 0 bridgehead atoms. The van der Waals surface area contributed by atoms with Crippen LogP contribution in [-0.4, -0.2) is 58.6 Å². The molecule has 0 amide bonds. The Kier molecular flexibility index (Phi) is 7.07. The van der Waals surface area contributed by atoms with E-state index >= 15 is 0 Å². The first-order valence-electron chi connectivity index (χ1n) is 10.1. The fourth-order valence-electron chi connectivity index (χ4n) is 3.60. The lowest BCUT2D eigenvalue weighted by molar-refractivity contribution is 0.259. The van der Waals surface area contributed by atoms with Gasteiger partial charge in [0.2, 0.25) is 20.0 Å². The number of primary sulfonamides is 1. The highest BCUT2D eigenvalue weighted by Crippen LogP contribution is 2.38.